The molecule has 0 bridgehead atoms. The van der Waals surface area contributed by atoms with Gasteiger partial charge >= 0.3 is 0 Å². The fourth-order valence-corrected chi connectivity index (χ4v) is 3.36. The minimum absolute atomic E-state index is 0.248. The van der Waals surface area contributed by atoms with Crippen LogP contribution in [-0.4, -0.2) is 38.4 Å². The van der Waals surface area contributed by atoms with E-state index >= 15 is 0 Å². The van der Waals surface area contributed by atoms with Crippen molar-refractivity contribution in [2.45, 2.75) is 17.5 Å². The Hall–Kier alpha value is -2.65. The molecule has 0 spiro atoms. The predicted octanol–water partition coefficient (Wildman–Crippen LogP) is 2.20. The zero-order valence-electron chi connectivity index (χ0n) is 13.4. The van der Waals surface area contributed by atoms with Gasteiger partial charge in [-0.1, -0.05) is 23.9 Å². The van der Waals surface area contributed by atoms with Gasteiger partial charge in [-0.2, -0.15) is 0 Å². The number of methoxy groups -OCH3 is 1. The predicted molar refractivity (Wildman–Crippen MR) is 93.6 cm³/mol. The molecule has 1 aromatic carbocycles. The Morgan fingerprint density at radius 2 is 2.24 bits per heavy atom. The van der Waals surface area contributed by atoms with Crippen LogP contribution in [0.1, 0.15) is 5.82 Å². The number of hydrogen-bond acceptors (Lipinski definition) is 7. The summed E-state index contributed by atoms with van der Waals surface area (Å²) in [4.78, 5) is 19.6. The van der Waals surface area contributed by atoms with Crippen molar-refractivity contribution in [1.29, 1.82) is 0 Å². The second-order valence-corrected chi connectivity index (χ2v) is 6.32. The molecule has 3 aromatic heterocycles. The first kappa shape index (κ1) is 15.9. The minimum Gasteiger partial charge on any atom is -0.449 e. The molecule has 8 nitrogen and oxygen atoms in total. The van der Waals surface area contributed by atoms with Gasteiger partial charge in [-0.15, -0.1) is 10.2 Å². The number of furan rings is 1. The summed E-state index contributed by atoms with van der Waals surface area (Å²) in [6, 6.07) is 7.48. The Labute approximate surface area is 146 Å². The molecule has 0 atom stereocenters. The maximum absolute atomic E-state index is 12.3. The van der Waals surface area contributed by atoms with Crippen molar-refractivity contribution in [2.24, 2.45) is 0 Å². The molecule has 0 aliphatic heterocycles. The van der Waals surface area contributed by atoms with E-state index in [2.05, 4.69) is 20.2 Å². The first-order valence-corrected chi connectivity index (χ1v) is 8.65. The number of hydrogen-bond donors (Lipinski definition) is 1. The van der Waals surface area contributed by atoms with E-state index in [0.717, 1.165) is 10.5 Å². The maximum atomic E-state index is 12.3. The number of fused-ring (bicyclic) bond motifs is 3. The van der Waals surface area contributed by atoms with Crippen LogP contribution in [0.3, 0.4) is 0 Å². The van der Waals surface area contributed by atoms with Gasteiger partial charge in [0.1, 0.15) is 23.3 Å². The van der Waals surface area contributed by atoms with Crippen molar-refractivity contribution < 1.29 is 9.15 Å². The lowest BCUT2D eigenvalue weighted by atomic mass is 10.2. The van der Waals surface area contributed by atoms with Crippen LogP contribution < -0.4 is 5.56 Å². The average molecular weight is 357 g/mol. The second-order valence-electron chi connectivity index (χ2n) is 5.38. The molecular weight excluding hydrogens is 342 g/mol. The van der Waals surface area contributed by atoms with Crippen molar-refractivity contribution in [3.05, 3.63) is 46.8 Å². The molecule has 0 radical (unpaired) electrons. The maximum Gasteiger partial charge on any atom is 0.294 e. The molecule has 4 aromatic rings. The number of aromatic nitrogens is 5. The first-order valence-electron chi connectivity index (χ1n) is 7.66. The molecular formula is C16H15N5O3S. The van der Waals surface area contributed by atoms with Crippen molar-refractivity contribution >= 4 is 33.8 Å². The van der Waals surface area contributed by atoms with E-state index < -0.39 is 0 Å². The number of nitrogens with zero attached hydrogens (tertiary/aromatic N) is 4. The highest BCUT2D eigenvalue weighted by atomic mass is 32.2. The summed E-state index contributed by atoms with van der Waals surface area (Å²) < 4.78 is 12.6. The molecule has 3 heterocycles. The summed E-state index contributed by atoms with van der Waals surface area (Å²) in [6.45, 7) is 1.24. The zero-order valence-corrected chi connectivity index (χ0v) is 14.2. The monoisotopic (exact) mass is 357 g/mol. The van der Waals surface area contributed by atoms with E-state index in [4.69, 9.17) is 9.15 Å². The molecule has 0 saturated carbocycles. The number of aromatic amines is 1. The third-order valence-corrected chi connectivity index (χ3v) is 4.73. The highest BCUT2D eigenvalue weighted by molar-refractivity contribution is 7.98. The van der Waals surface area contributed by atoms with Gasteiger partial charge in [0.15, 0.2) is 5.16 Å². The lowest BCUT2D eigenvalue weighted by Gasteiger charge is -2.05. The van der Waals surface area contributed by atoms with Crippen molar-refractivity contribution in [1.82, 2.24) is 24.7 Å². The summed E-state index contributed by atoms with van der Waals surface area (Å²) in [6.07, 6.45) is 1.66. The van der Waals surface area contributed by atoms with Gasteiger partial charge in [-0.05, 0) is 12.1 Å². The molecule has 0 amide bonds. The molecule has 9 heteroatoms. The summed E-state index contributed by atoms with van der Waals surface area (Å²) in [7, 11) is 1.65. The Morgan fingerprint density at radius 3 is 3.12 bits per heavy atom. The van der Waals surface area contributed by atoms with Gasteiger partial charge in [-0.25, -0.2) is 4.98 Å². The van der Waals surface area contributed by atoms with Crippen molar-refractivity contribution in [2.75, 3.05) is 13.7 Å². The fraction of sp³-hybridized carbons (Fsp3) is 0.250. The number of ether oxygens (including phenoxy) is 1. The summed E-state index contributed by atoms with van der Waals surface area (Å²) in [5.74, 6) is 1.03. The minimum atomic E-state index is -0.280. The molecule has 0 unspecified atom stereocenters. The molecule has 1 N–H and O–H groups in total. The third kappa shape index (κ3) is 3.03. The zero-order chi connectivity index (χ0) is 17.2. The van der Waals surface area contributed by atoms with E-state index in [9.17, 15) is 4.79 Å². The Kier molecular flexibility index (Phi) is 4.24. The number of thioether (sulfide) groups is 1. The smallest absolute Gasteiger partial charge is 0.294 e. The van der Waals surface area contributed by atoms with Gasteiger partial charge < -0.3 is 18.7 Å². The largest absolute Gasteiger partial charge is 0.449 e. The fourth-order valence-electron chi connectivity index (χ4n) is 2.55. The van der Waals surface area contributed by atoms with Gasteiger partial charge in [0.2, 0.25) is 5.58 Å². The topological polar surface area (TPSA) is 98.8 Å². The molecule has 0 saturated heterocycles. The number of benzene rings is 1. The van der Waals surface area contributed by atoms with Crippen LogP contribution in [0.25, 0.3) is 22.1 Å². The second kappa shape index (κ2) is 6.69. The summed E-state index contributed by atoms with van der Waals surface area (Å²) in [5, 5.41) is 9.59. The molecule has 128 valence electrons. The SMILES string of the molecule is COCCn1cnnc1SCc1nc2c(oc3ccccc32)c(=O)[nH]1. The van der Waals surface area contributed by atoms with Crippen molar-refractivity contribution in [3.8, 4) is 0 Å². The van der Waals surface area contributed by atoms with Crippen LogP contribution >= 0.6 is 11.8 Å². The van der Waals surface area contributed by atoms with Crippen LogP contribution in [0, 0.1) is 0 Å². The van der Waals surface area contributed by atoms with Gasteiger partial charge in [0.05, 0.1) is 12.4 Å². The van der Waals surface area contributed by atoms with Crippen molar-refractivity contribution in [3.63, 3.8) is 0 Å². The first-order chi connectivity index (χ1) is 12.3. The normalized spacial score (nSPS) is 11.6. The number of nitrogens with one attached hydrogen (secondary N) is 1. The molecule has 0 aliphatic carbocycles. The third-order valence-electron chi connectivity index (χ3n) is 3.73. The van der Waals surface area contributed by atoms with Crippen LogP contribution in [0.5, 0.6) is 0 Å². The summed E-state index contributed by atoms with van der Waals surface area (Å²) >= 11 is 1.45. The molecule has 25 heavy (non-hydrogen) atoms. The lowest BCUT2D eigenvalue weighted by Crippen LogP contribution is -2.10. The Balaban J connectivity index is 1.63. The van der Waals surface area contributed by atoms with Crippen LogP contribution in [-0.2, 0) is 17.0 Å². The van der Waals surface area contributed by atoms with Gasteiger partial charge in [0.25, 0.3) is 5.56 Å². The molecule has 0 aliphatic rings. The van der Waals surface area contributed by atoms with E-state index in [1.54, 1.807) is 13.4 Å². The number of para-hydroxylation sites is 1. The van der Waals surface area contributed by atoms with E-state index in [-0.39, 0.29) is 11.1 Å². The van der Waals surface area contributed by atoms with Crippen LogP contribution in [0.4, 0.5) is 0 Å². The molecule has 0 fully saturated rings. The van der Waals surface area contributed by atoms with Gasteiger partial charge in [0, 0.05) is 19.0 Å². The average Bonchev–Trinajstić information content (AvgIpc) is 3.22. The Bertz CT molecular complexity index is 1080. The highest BCUT2D eigenvalue weighted by Crippen LogP contribution is 2.25. The van der Waals surface area contributed by atoms with Gasteiger partial charge in [-0.3, -0.25) is 4.79 Å². The lowest BCUT2D eigenvalue weighted by molar-refractivity contribution is 0.184. The van der Waals surface area contributed by atoms with E-state index in [1.807, 2.05) is 28.8 Å². The quantitative estimate of drug-likeness (QED) is 0.528. The number of H-pyrrole nitrogens is 1. The Morgan fingerprint density at radius 1 is 1.36 bits per heavy atom. The van der Waals surface area contributed by atoms with E-state index in [1.165, 1.54) is 11.8 Å². The van der Waals surface area contributed by atoms with Crippen LogP contribution in [0.2, 0.25) is 0 Å². The highest BCUT2D eigenvalue weighted by Gasteiger charge is 2.14. The van der Waals surface area contributed by atoms with E-state index in [0.29, 0.717) is 35.8 Å². The molecule has 4 rings (SSSR count). The van der Waals surface area contributed by atoms with Crippen LogP contribution in [0.15, 0.2) is 45.0 Å². The number of rotatable bonds is 6. The standard InChI is InChI=1S/C16H15N5O3S/c1-23-7-6-21-9-17-20-16(21)25-8-12-18-13-10-4-2-3-5-11(10)24-14(13)15(22)19-12/h2-5,9H,6-8H2,1H3,(H,18,19,22). The summed E-state index contributed by atoms with van der Waals surface area (Å²) in [5.41, 5.74) is 1.20.